The van der Waals surface area contributed by atoms with Gasteiger partial charge in [-0.15, -0.1) is 0 Å². The number of nitrogens with zero attached hydrogens (tertiary/aromatic N) is 2. The molecule has 0 bridgehead atoms. The van der Waals surface area contributed by atoms with Crippen LogP contribution < -0.4 is 26.2 Å². The molecule has 3 atom stereocenters. The van der Waals surface area contributed by atoms with Crippen molar-refractivity contribution >= 4 is 57.2 Å². The molecule has 2 heterocycles. The molecule has 7 aromatic carbocycles. The summed E-state index contributed by atoms with van der Waals surface area (Å²) in [5.74, 6) is 0.324. The van der Waals surface area contributed by atoms with Crippen LogP contribution in [0.25, 0.3) is 11.1 Å². The van der Waals surface area contributed by atoms with Crippen molar-refractivity contribution in [1.82, 2.24) is 0 Å². The van der Waals surface area contributed by atoms with Gasteiger partial charge in [0.1, 0.15) is 0 Å². The summed E-state index contributed by atoms with van der Waals surface area (Å²) in [6.45, 7) is 47.1. The average Bonchev–Trinajstić information content (AvgIpc) is 0.840. The Labute approximate surface area is 496 Å². The van der Waals surface area contributed by atoms with Crippen molar-refractivity contribution in [3.63, 3.8) is 0 Å². The van der Waals surface area contributed by atoms with Gasteiger partial charge in [0.25, 0.3) is 0 Å². The van der Waals surface area contributed by atoms with E-state index < -0.39 is 0 Å². The summed E-state index contributed by atoms with van der Waals surface area (Å²) < 4.78 is 0. The van der Waals surface area contributed by atoms with Crippen molar-refractivity contribution in [2.75, 3.05) is 9.80 Å². The molecule has 3 heteroatoms. The fourth-order valence-electron chi connectivity index (χ4n) is 17.5. The lowest BCUT2D eigenvalue weighted by Crippen LogP contribution is -2.66. The fraction of sp³-hybridized carbons (Fsp3) is 0.468. The Balaban J connectivity index is 1.19. The van der Waals surface area contributed by atoms with Crippen molar-refractivity contribution < 1.29 is 0 Å². The van der Waals surface area contributed by atoms with Gasteiger partial charge in [-0.3, -0.25) is 0 Å². The molecule has 1 saturated carbocycles. The molecular formula is C79H95BN2. The van der Waals surface area contributed by atoms with E-state index in [0.29, 0.717) is 5.92 Å². The van der Waals surface area contributed by atoms with Gasteiger partial charge in [-0.1, -0.05) is 202 Å². The molecule has 4 aliphatic carbocycles. The minimum absolute atomic E-state index is 0.00508. The molecule has 0 radical (unpaired) electrons. The van der Waals surface area contributed by atoms with Crippen molar-refractivity contribution in [2.45, 2.75) is 233 Å². The topological polar surface area (TPSA) is 6.48 Å². The van der Waals surface area contributed by atoms with E-state index >= 15 is 0 Å². The Morgan fingerprint density at radius 3 is 1.67 bits per heavy atom. The number of benzene rings is 7. The van der Waals surface area contributed by atoms with Crippen LogP contribution in [-0.4, -0.2) is 6.71 Å². The molecule has 6 aliphatic rings. The van der Waals surface area contributed by atoms with E-state index in [1.165, 1.54) is 141 Å². The zero-order chi connectivity index (χ0) is 58.4. The van der Waals surface area contributed by atoms with Gasteiger partial charge in [-0.25, -0.2) is 0 Å². The standard InChI is InChI=1S/C79H95BN2/c1-48-39-56-57-47-78(18)33-23-24-34-79(78,19)60-45-61-69(77(16,17)38-37-76(61,14)15)71(68(57)60)80-62-30-29-54(81(63-31-27-52(41-49(63)2)72(4,5)6)64-32-28-53(42-50(64)3)73(7,8)9)43-66(62)82(67(40-48)70(56)80)65-46-59-58(74(10,11)35-36-75(59,12)13)44-55(65)51-25-21-20-22-26-51/h20-22,25-32,39-46,57H,23-24,33-38,47H2,1-19H3. The molecule has 424 valence electrons. The lowest BCUT2D eigenvalue weighted by Gasteiger charge is -2.60. The van der Waals surface area contributed by atoms with Crippen LogP contribution in [0.3, 0.4) is 0 Å². The molecule has 3 unspecified atom stereocenters. The third-order valence-corrected chi connectivity index (χ3v) is 23.0. The highest BCUT2D eigenvalue weighted by Crippen LogP contribution is 2.64. The molecule has 2 nitrogen and oxygen atoms in total. The first-order chi connectivity index (χ1) is 38.4. The summed E-state index contributed by atoms with van der Waals surface area (Å²) in [4.78, 5) is 5.45. The average molecular weight is 1080 g/mol. The van der Waals surface area contributed by atoms with E-state index in [1.807, 2.05) is 0 Å². The number of hydrogen-bond acceptors (Lipinski definition) is 2. The summed E-state index contributed by atoms with van der Waals surface area (Å²) in [5.41, 5.74) is 33.2. The number of anilines is 6. The van der Waals surface area contributed by atoms with Gasteiger partial charge in [0.2, 0.25) is 6.71 Å². The first-order valence-electron chi connectivity index (χ1n) is 31.9. The molecule has 1 fully saturated rings. The normalized spacial score (nSPS) is 23.2. The van der Waals surface area contributed by atoms with Crippen LogP contribution in [0, 0.1) is 26.2 Å². The predicted octanol–water partition coefficient (Wildman–Crippen LogP) is 20.0. The fourth-order valence-corrected chi connectivity index (χ4v) is 17.5. The van der Waals surface area contributed by atoms with Gasteiger partial charge >= 0.3 is 0 Å². The minimum atomic E-state index is 0.00508. The maximum absolute atomic E-state index is 2.85. The third kappa shape index (κ3) is 8.20. The third-order valence-electron chi connectivity index (χ3n) is 23.0. The molecule has 2 aliphatic heterocycles. The van der Waals surface area contributed by atoms with Gasteiger partial charge < -0.3 is 9.80 Å². The van der Waals surface area contributed by atoms with Crippen LogP contribution in [-0.2, 0) is 37.9 Å². The molecule has 82 heavy (non-hydrogen) atoms. The van der Waals surface area contributed by atoms with Crippen LogP contribution in [0.15, 0.2) is 115 Å². The summed E-state index contributed by atoms with van der Waals surface area (Å²) >= 11 is 0. The molecule has 0 N–H and O–H groups in total. The first-order valence-corrected chi connectivity index (χ1v) is 31.9. The highest BCUT2D eigenvalue weighted by atomic mass is 15.2. The maximum atomic E-state index is 2.85. The van der Waals surface area contributed by atoms with Gasteiger partial charge in [-0.2, -0.15) is 0 Å². The molecule has 13 rings (SSSR count). The monoisotopic (exact) mass is 1080 g/mol. The Bertz CT molecular complexity index is 3730. The van der Waals surface area contributed by atoms with Crippen molar-refractivity contribution in [3.05, 3.63) is 182 Å². The quantitative estimate of drug-likeness (QED) is 0.159. The highest BCUT2D eigenvalue weighted by molar-refractivity contribution is 6.99. The van der Waals surface area contributed by atoms with Crippen LogP contribution >= 0.6 is 0 Å². The molecular weight excluding hydrogens is 988 g/mol. The lowest BCUT2D eigenvalue weighted by atomic mass is 9.27. The Kier molecular flexibility index (Phi) is 12.2. The van der Waals surface area contributed by atoms with E-state index in [-0.39, 0.29) is 50.0 Å². The number of hydrogen-bond donors (Lipinski definition) is 0. The minimum Gasteiger partial charge on any atom is -0.311 e. The largest absolute Gasteiger partial charge is 0.311 e. The van der Waals surface area contributed by atoms with Crippen molar-refractivity contribution in [2.24, 2.45) is 5.41 Å². The van der Waals surface area contributed by atoms with E-state index in [2.05, 4.69) is 257 Å². The zero-order valence-electron chi connectivity index (χ0n) is 53.9. The number of aryl methyl sites for hydroxylation is 3. The van der Waals surface area contributed by atoms with Crippen molar-refractivity contribution in [3.8, 4) is 11.1 Å². The molecule has 7 aromatic rings. The second-order valence-electron chi connectivity index (χ2n) is 32.5. The molecule has 0 spiro atoms. The Hall–Kier alpha value is -5.80. The van der Waals surface area contributed by atoms with Gasteiger partial charge in [0, 0.05) is 39.9 Å². The SMILES string of the molecule is Cc1cc2c3c(c1)N(c1cc4c(cc1-c1ccccc1)C(C)(C)CCC4(C)C)c1cc(N(c4ccc(C(C)(C)C)cc4C)c4ccc(C(C)(C)C)cc4C)ccc1B3c1c3c(cc4c1C(C)(C)CCC4(C)C)C1(C)CCCCC1(C)CC23. The Morgan fingerprint density at radius 1 is 0.500 bits per heavy atom. The van der Waals surface area contributed by atoms with E-state index in [4.69, 9.17) is 0 Å². The van der Waals surface area contributed by atoms with Crippen LogP contribution in [0.4, 0.5) is 34.1 Å². The summed E-state index contributed by atoms with van der Waals surface area (Å²) in [7, 11) is 0. The van der Waals surface area contributed by atoms with Gasteiger partial charge in [0.05, 0.1) is 5.69 Å². The van der Waals surface area contributed by atoms with E-state index in [0.717, 1.165) is 6.42 Å². The lowest BCUT2D eigenvalue weighted by molar-refractivity contribution is 0.0600. The second kappa shape index (κ2) is 18.1. The van der Waals surface area contributed by atoms with Crippen LogP contribution in [0.1, 0.15) is 241 Å². The summed E-state index contributed by atoms with van der Waals surface area (Å²) in [6, 6.07) is 47.3. The molecule has 0 saturated heterocycles. The number of fused-ring (bicyclic) bond motifs is 9. The maximum Gasteiger partial charge on any atom is 0.247 e. The smallest absolute Gasteiger partial charge is 0.247 e. The van der Waals surface area contributed by atoms with Crippen LogP contribution in [0.2, 0.25) is 0 Å². The number of rotatable bonds is 5. The zero-order valence-corrected chi connectivity index (χ0v) is 53.9. The Morgan fingerprint density at radius 2 is 1.07 bits per heavy atom. The second-order valence-corrected chi connectivity index (χ2v) is 32.5. The first kappa shape index (κ1) is 55.4. The van der Waals surface area contributed by atoms with Gasteiger partial charge in [-0.05, 0) is 235 Å². The molecule has 0 amide bonds. The van der Waals surface area contributed by atoms with E-state index in [1.54, 1.807) is 38.7 Å². The van der Waals surface area contributed by atoms with Crippen LogP contribution in [0.5, 0.6) is 0 Å². The summed E-state index contributed by atoms with van der Waals surface area (Å²) in [5, 5.41) is 0. The van der Waals surface area contributed by atoms with Gasteiger partial charge in [0.15, 0.2) is 0 Å². The highest BCUT2D eigenvalue weighted by Gasteiger charge is 2.59. The predicted molar refractivity (Wildman–Crippen MR) is 355 cm³/mol. The van der Waals surface area contributed by atoms with E-state index in [9.17, 15) is 0 Å². The summed E-state index contributed by atoms with van der Waals surface area (Å²) in [6.07, 6.45) is 11.1. The molecule has 0 aromatic heterocycles. The van der Waals surface area contributed by atoms with Crippen molar-refractivity contribution in [1.29, 1.82) is 0 Å².